The summed E-state index contributed by atoms with van der Waals surface area (Å²) < 4.78 is 0. The van der Waals surface area contributed by atoms with E-state index in [4.69, 9.17) is 5.73 Å². The van der Waals surface area contributed by atoms with Crippen molar-refractivity contribution >= 4 is 0 Å². The maximum atomic E-state index is 6.24. The number of nitrogens with two attached hydrogens (primary N) is 1. The van der Waals surface area contributed by atoms with E-state index in [0.29, 0.717) is 6.04 Å². The van der Waals surface area contributed by atoms with E-state index >= 15 is 0 Å². The van der Waals surface area contributed by atoms with Crippen LogP contribution in [0.25, 0.3) is 0 Å². The van der Waals surface area contributed by atoms with Crippen molar-refractivity contribution in [1.29, 1.82) is 0 Å². The lowest BCUT2D eigenvalue weighted by molar-refractivity contribution is 0.442. The van der Waals surface area contributed by atoms with Gasteiger partial charge in [-0.25, -0.2) is 0 Å². The molecule has 2 N–H and O–H groups in total. The molecule has 0 saturated heterocycles. The van der Waals surface area contributed by atoms with Gasteiger partial charge in [0, 0.05) is 6.04 Å². The van der Waals surface area contributed by atoms with Gasteiger partial charge in [-0.2, -0.15) is 0 Å². The van der Waals surface area contributed by atoms with E-state index in [9.17, 15) is 0 Å². The molecule has 2 aliphatic rings. The molecule has 1 heteroatoms. The van der Waals surface area contributed by atoms with Crippen molar-refractivity contribution in [2.75, 3.05) is 0 Å². The minimum absolute atomic E-state index is 0.294. The van der Waals surface area contributed by atoms with Gasteiger partial charge in [-0.05, 0) is 54.7 Å². The zero-order valence-electron chi connectivity index (χ0n) is 10.6. The van der Waals surface area contributed by atoms with Crippen molar-refractivity contribution in [3.63, 3.8) is 0 Å². The third-order valence-corrected chi connectivity index (χ3v) is 4.61. The van der Waals surface area contributed by atoms with Crippen LogP contribution >= 0.6 is 0 Å². The average Bonchev–Trinajstić information content (AvgIpc) is 2.40. The average molecular weight is 229 g/mol. The summed E-state index contributed by atoms with van der Waals surface area (Å²) >= 11 is 0. The molecule has 92 valence electrons. The number of fused-ring (bicyclic) bond motifs is 1. The maximum Gasteiger partial charge on any atom is 0.0297 e. The maximum absolute atomic E-state index is 6.24. The highest BCUT2D eigenvalue weighted by Gasteiger charge is 2.20. The minimum Gasteiger partial charge on any atom is -0.324 e. The largest absolute Gasteiger partial charge is 0.324 e. The molecule has 0 amide bonds. The Morgan fingerprint density at radius 3 is 2.59 bits per heavy atom. The van der Waals surface area contributed by atoms with Gasteiger partial charge < -0.3 is 5.73 Å². The van der Waals surface area contributed by atoms with Crippen LogP contribution in [0.3, 0.4) is 0 Å². The molecular formula is C16H23N. The predicted molar refractivity (Wildman–Crippen MR) is 72.1 cm³/mol. The fraction of sp³-hybridized carbons (Fsp3) is 0.625. The standard InChI is InChI=1S/C16H23N/c17-16-8-4-7-13-9-10-14(11-15(13)16)12-5-2-1-3-6-12/h9-12,16H,1-8,17H2/t16-/m0/s1. The molecular weight excluding hydrogens is 206 g/mol. The third kappa shape index (κ3) is 2.26. The Hall–Kier alpha value is -0.820. The molecule has 0 radical (unpaired) electrons. The SMILES string of the molecule is N[C@H]1CCCc2ccc(C3CCCCC3)cc21. The van der Waals surface area contributed by atoms with E-state index in [-0.39, 0.29) is 0 Å². The van der Waals surface area contributed by atoms with E-state index in [1.165, 1.54) is 62.5 Å². The van der Waals surface area contributed by atoms with Gasteiger partial charge in [0.2, 0.25) is 0 Å². The number of hydrogen-bond acceptors (Lipinski definition) is 1. The Morgan fingerprint density at radius 2 is 1.76 bits per heavy atom. The zero-order valence-corrected chi connectivity index (χ0v) is 10.6. The van der Waals surface area contributed by atoms with Crippen LogP contribution in [-0.2, 0) is 6.42 Å². The molecule has 1 saturated carbocycles. The molecule has 0 heterocycles. The Balaban J connectivity index is 1.88. The summed E-state index contributed by atoms with van der Waals surface area (Å²) in [6.45, 7) is 0. The van der Waals surface area contributed by atoms with Crippen LogP contribution in [0.2, 0.25) is 0 Å². The summed E-state index contributed by atoms with van der Waals surface area (Å²) in [6, 6.07) is 7.43. The van der Waals surface area contributed by atoms with E-state index < -0.39 is 0 Å². The molecule has 3 rings (SSSR count). The monoisotopic (exact) mass is 229 g/mol. The normalized spacial score (nSPS) is 25.6. The van der Waals surface area contributed by atoms with Gasteiger partial charge in [0.1, 0.15) is 0 Å². The van der Waals surface area contributed by atoms with E-state index in [2.05, 4.69) is 18.2 Å². The van der Waals surface area contributed by atoms with Crippen LogP contribution in [0.1, 0.15) is 73.6 Å². The highest BCUT2D eigenvalue weighted by Crippen LogP contribution is 2.36. The fourth-order valence-electron chi connectivity index (χ4n) is 3.54. The summed E-state index contributed by atoms with van der Waals surface area (Å²) in [4.78, 5) is 0. The molecule has 2 aliphatic carbocycles. The topological polar surface area (TPSA) is 26.0 Å². The lowest BCUT2D eigenvalue weighted by Gasteiger charge is -2.26. The summed E-state index contributed by atoms with van der Waals surface area (Å²) in [7, 11) is 0. The number of benzene rings is 1. The van der Waals surface area contributed by atoms with Crippen LogP contribution in [0.4, 0.5) is 0 Å². The lowest BCUT2D eigenvalue weighted by Crippen LogP contribution is -2.18. The Labute approximate surface area is 104 Å². The quantitative estimate of drug-likeness (QED) is 0.771. The molecule has 0 bridgehead atoms. The van der Waals surface area contributed by atoms with Gasteiger partial charge in [0.15, 0.2) is 0 Å². The van der Waals surface area contributed by atoms with E-state index in [1.807, 2.05) is 0 Å². The Kier molecular flexibility index (Phi) is 3.19. The predicted octanol–water partition coefficient (Wildman–Crippen LogP) is 4.07. The first-order chi connectivity index (χ1) is 8.34. The molecule has 0 spiro atoms. The second-order valence-electron chi connectivity index (χ2n) is 5.79. The first kappa shape index (κ1) is 11.3. The van der Waals surface area contributed by atoms with Crippen LogP contribution < -0.4 is 5.73 Å². The van der Waals surface area contributed by atoms with E-state index in [1.54, 1.807) is 5.56 Å². The van der Waals surface area contributed by atoms with Crippen molar-refractivity contribution in [2.45, 2.75) is 63.3 Å². The molecule has 0 unspecified atom stereocenters. The summed E-state index contributed by atoms with van der Waals surface area (Å²) in [5, 5.41) is 0. The van der Waals surface area contributed by atoms with Gasteiger partial charge in [-0.3, -0.25) is 0 Å². The molecule has 1 aromatic rings. The summed E-state index contributed by atoms with van der Waals surface area (Å²) in [5.41, 5.74) is 10.7. The molecule has 1 fully saturated rings. The van der Waals surface area contributed by atoms with Gasteiger partial charge in [0.25, 0.3) is 0 Å². The molecule has 17 heavy (non-hydrogen) atoms. The highest BCUT2D eigenvalue weighted by atomic mass is 14.6. The lowest BCUT2D eigenvalue weighted by atomic mass is 9.80. The van der Waals surface area contributed by atoms with Crippen molar-refractivity contribution < 1.29 is 0 Å². The highest BCUT2D eigenvalue weighted by molar-refractivity contribution is 5.37. The van der Waals surface area contributed by atoms with Crippen molar-refractivity contribution in [1.82, 2.24) is 0 Å². The van der Waals surface area contributed by atoms with Crippen LogP contribution in [-0.4, -0.2) is 0 Å². The minimum atomic E-state index is 0.294. The first-order valence-electron chi connectivity index (χ1n) is 7.23. The summed E-state index contributed by atoms with van der Waals surface area (Å²) in [5.74, 6) is 0.808. The molecule has 0 aromatic heterocycles. The van der Waals surface area contributed by atoms with Crippen molar-refractivity contribution in [3.05, 3.63) is 34.9 Å². The Morgan fingerprint density at radius 1 is 0.941 bits per heavy atom. The van der Waals surface area contributed by atoms with Crippen LogP contribution in [0, 0.1) is 0 Å². The molecule has 1 nitrogen and oxygen atoms in total. The molecule has 1 aromatic carbocycles. The molecule has 0 aliphatic heterocycles. The Bertz CT molecular complexity index is 391. The second-order valence-corrected chi connectivity index (χ2v) is 5.79. The van der Waals surface area contributed by atoms with Gasteiger partial charge in [-0.1, -0.05) is 37.5 Å². The number of aryl methyl sites for hydroxylation is 1. The fourth-order valence-corrected chi connectivity index (χ4v) is 3.54. The van der Waals surface area contributed by atoms with Gasteiger partial charge >= 0.3 is 0 Å². The van der Waals surface area contributed by atoms with Crippen molar-refractivity contribution in [2.24, 2.45) is 5.73 Å². The van der Waals surface area contributed by atoms with Crippen molar-refractivity contribution in [3.8, 4) is 0 Å². The smallest absolute Gasteiger partial charge is 0.0297 e. The van der Waals surface area contributed by atoms with E-state index in [0.717, 1.165) is 5.92 Å². The molecule has 1 atom stereocenters. The second kappa shape index (κ2) is 4.81. The third-order valence-electron chi connectivity index (χ3n) is 4.61. The zero-order chi connectivity index (χ0) is 11.7. The van der Waals surface area contributed by atoms with Gasteiger partial charge in [0.05, 0.1) is 0 Å². The van der Waals surface area contributed by atoms with Crippen LogP contribution in [0.15, 0.2) is 18.2 Å². The van der Waals surface area contributed by atoms with Gasteiger partial charge in [-0.15, -0.1) is 0 Å². The summed E-state index contributed by atoms with van der Waals surface area (Å²) in [6.07, 6.45) is 10.7. The number of rotatable bonds is 1. The number of hydrogen-bond donors (Lipinski definition) is 1. The first-order valence-corrected chi connectivity index (χ1v) is 7.23. The van der Waals surface area contributed by atoms with Crippen LogP contribution in [0.5, 0.6) is 0 Å².